The van der Waals surface area contributed by atoms with Crippen molar-refractivity contribution in [3.8, 4) is 11.3 Å². The van der Waals surface area contributed by atoms with Crippen LogP contribution in [0.5, 0.6) is 0 Å². The molecule has 2 heterocycles. The average Bonchev–Trinajstić information content (AvgIpc) is 2.90. The number of rotatable bonds is 3. The number of aromatic amines is 1. The molecule has 0 aliphatic heterocycles. The van der Waals surface area contributed by atoms with E-state index in [0.29, 0.717) is 5.02 Å². The Morgan fingerprint density at radius 2 is 2.10 bits per heavy atom. The van der Waals surface area contributed by atoms with Crippen LogP contribution in [0.3, 0.4) is 0 Å². The van der Waals surface area contributed by atoms with Crippen molar-refractivity contribution in [2.24, 2.45) is 0 Å². The molecule has 0 saturated carbocycles. The van der Waals surface area contributed by atoms with Crippen molar-refractivity contribution in [2.45, 2.75) is 20.3 Å². The number of halogens is 1. The summed E-state index contributed by atoms with van der Waals surface area (Å²) in [5.74, 6) is -0.846. The highest BCUT2D eigenvalue weighted by molar-refractivity contribution is 7.12. The van der Waals surface area contributed by atoms with Crippen molar-refractivity contribution >= 4 is 39.8 Å². The summed E-state index contributed by atoms with van der Waals surface area (Å²) in [5.41, 5.74) is 3.66. The zero-order valence-corrected chi connectivity index (χ0v) is 13.2. The molecule has 21 heavy (non-hydrogen) atoms. The summed E-state index contributed by atoms with van der Waals surface area (Å²) in [4.78, 5) is 17.0. The van der Waals surface area contributed by atoms with Gasteiger partial charge in [0, 0.05) is 31.2 Å². The molecule has 3 nitrogen and oxygen atoms in total. The molecule has 0 radical (unpaired) electrons. The zero-order chi connectivity index (χ0) is 15.1. The van der Waals surface area contributed by atoms with Gasteiger partial charge in [0.15, 0.2) is 0 Å². The van der Waals surface area contributed by atoms with Crippen LogP contribution in [-0.2, 0) is 11.2 Å². The van der Waals surface area contributed by atoms with Gasteiger partial charge in [-0.2, -0.15) is 0 Å². The lowest BCUT2D eigenvalue weighted by Gasteiger charge is -2.02. The van der Waals surface area contributed by atoms with E-state index in [4.69, 9.17) is 11.6 Å². The molecule has 2 aromatic heterocycles. The van der Waals surface area contributed by atoms with Gasteiger partial charge in [0.1, 0.15) is 0 Å². The van der Waals surface area contributed by atoms with Crippen molar-refractivity contribution in [3.63, 3.8) is 0 Å². The molecule has 0 aliphatic carbocycles. The molecule has 0 bridgehead atoms. The maximum Gasteiger partial charge on any atom is 0.307 e. The average molecular weight is 320 g/mol. The van der Waals surface area contributed by atoms with Crippen molar-refractivity contribution in [2.75, 3.05) is 0 Å². The molecule has 0 aliphatic rings. The molecule has 108 valence electrons. The number of nitrogens with one attached hydrogen (secondary N) is 1. The quantitative estimate of drug-likeness (QED) is 0.729. The van der Waals surface area contributed by atoms with Gasteiger partial charge < -0.3 is 10.1 Å². The van der Waals surface area contributed by atoms with Crippen LogP contribution < -0.4 is 0 Å². The number of H-pyrrole nitrogens is 1. The molecule has 3 rings (SSSR count). The first-order valence-corrected chi connectivity index (χ1v) is 7.74. The van der Waals surface area contributed by atoms with Gasteiger partial charge in [0.25, 0.3) is 0 Å². The first kappa shape index (κ1) is 14.2. The largest absolute Gasteiger partial charge is 0.481 e. The van der Waals surface area contributed by atoms with E-state index in [9.17, 15) is 9.90 Å². The summed E-state index contributed by atoms with van der Waals surface area (Å²) in [5, 5.41) is 10.7. The van der Waals surface area contributed by atoms with Crippen molar-refractivity contribution < 1.29 is 9.90 Å². The maximum absolute atomic E-state index is 11.2. The normalized spacial score (nSPS) is 11.2. The highest BCUT2D eigenvalue weighted by atomic mass is 35.5. The van der Waals surface area contributed by atoms with E-state index in [-0.39, 0.29) is 6.42 Å². The number of carbonyl (C=O) groups is 1. The third-order valence-electron chi connectivity index (χ3n) is 3.51. The molecular weight excluding hydrogens is 306 g/mol. The fourth-order valence-electron chi connectivity index (χ4n) is 2.66. The summed E-state index contributed by atoms with van der Waals surface area (Å²) < 4.78 is 0. The SMILES string of the molecule is Cc1cc(-c2[nH]c3ccc(Cl)cc3c2CC(=O)O)c(C)s1. The van der Waals surface area contributed by atoms with Gasteiger partial charge >= 0.3 is 5.97 Å². The van der Waals surface area contributed by atoms with Crippen molar-refractivity contribution in [3.05, 3.63) is 44.6 Å². The summed E-state index contributed by atoms with van der Waals surface area (Å²) in [6.07, 6.45) is -0.0238. The Bertz CT molecular complexity index is 847. The molecule has 5 heteroatoms. The standard InChI is InChI=1S/C16H14ClNO2S/c1-8-5-11(9(2)21-8)16-13(7-15(19)20)12-6-10(17)3-4-14(12)18-16/h3-6,18H,7H2,1-2H3,(H,19,20). The van der Waals surface area contributed by atoms with Gasteiger partial charge in [-0.25, -0.2) is 0 Å². The summed E-state index contributed by atoms with van der Waals surface area (Å²) in [7, 11) is 0. The predicted molar refractivity (Wildman–Crippen MR) is 87.4 cm³/mol. The molecule has 3 aromatic rings. The Labute approximate surface area is 131 Å². The lowest BCUT2D eigenvalue weighted by atomic mass is 10.0. The zero-order valence-electron chi connectivity index (χ0n) is 11.7. The molecule has 0 spiro atoms. The molecule has 0 amide bonds. The van der Waals surface area contributed by atoms with Crippen LogP contribution in [0.1, 0.15) is 15.3 Å². The van der Waals surface area contributed by atoms with Crippen LogP contribution in [0.25, 0.3) is 22.2 Å². The van der Waals surface area contributed by atoms with E-state index >= 15 is 0 Å². The van der Waals surface area contributed by atoms with Crippen LogP contribution in [0.2, 0.25) is 5.02 Å². The Balaban J connectivity index is 2.30. The number of aliphatic carboxylic acids is 1. The van der Waals surface area contributed by atoms with Crippen molar-refractivity contribution in [1.29, 1.82) is 0 Å². The molecule has 0 fully saturated rings. The lowest BCUT2D eigenvalue weighted by molar-refractivity contribution is -0.136. The van der Waals surface area contributed by atoms with Gasteiger partial charge in [-0.15, -0.1) is 11.3 Å². The summed E-state index contributed by atoms with van der Waals surface area (Å²) in [6.45, 7) is 4.10. The monoisotopic (exact) mass is 319 g/mol. The first-order chi connectivity index (χ1) is 9.95. The van der Waals surface area contributed by atoms with Gasteiger partial charge in [-0.3, -0.25) is 4.79 Å². The van der Waals surface area contributed by atoms with Gasteiger partial charge in [0.05, 0.1) is 12.1 Å². The number of benzene rings is 1. The van der Waals surface area contributed by atoms with Gasteiger partial charge in [-0.05, 0) is 43.7 Å². The van der Waals surface area contributed by atoms with Gasteiger partial charge in [0.2, 0.25) is 0 Å². The molecule has 0 saturated heterocycles. The molecule has 2 N–H and O–H groups in total. The number of hydrogen-bond donors (Lipinski definition) is 2. The smallest absolute Gasteiger partial charge is 0.307 e. The van der Waals surface area contributed by atoms with Crippen LogP contribution in [0.15, 0.2) is 24.3 Å². The number of carboxylic acid groups (broad SMARTS) is 1. The van der Waals surface area contributed by atoms with E-state index in [0.717, 1.165) is 27.7 Å². The lowest BCUT2D eigenvalue weighted by Crippen LogP contribution is -2.00. The minimum atomic E-state index is -0.846. The number of aromatic nitrogens is 1. The van der Waals surface area contributed by atoms with E-state index in [1.165, 1.54) is 9.75 Å². The highest BCUT2D eigenvalue weighted by Gasteiger charge is 2.18. The predicted octanol–water partition coefficient (Wildman–Crippen LogP) is 4.79. The Kier molecular flexibility index (Phi) is 3.51. The fourth-order valence-corrected chi connectivity index (χ4v) is 3.77. The summed E-state index contributed by atoms with van der Waals surface area (Å²) >= 11 is 7.77. The van der Waals surface area contributed by atoms with E-state index in [2.05, 4.69) is 24.9 Å². The molecule has 0 atom stereocenters. The second kappa shape index (κ2) is 5.20. The highest BCUT2D eigenvalue weighted by Crippen LogP contribution is 2.36. The minimum Gasteiger partial charge on any atom is -0.481 e. The summed E-state index contributed by atoms with van der Waals surface area (Å²) in [6, 6.07) is 7.61. The van der Waals surface area contributed by atoms with Crippen LogP contribution in [0.4, 0.5) is 0 Å². The van der Waals surface area contributed by atoms with E-state index in [1.54, 1.807) is 17.4 Å². The number of aryl methyl sites for hydroxylation is 2. The molecule has 0 unspecified atom stereocenters. The topological polar surface area (TPSA) is 53.1 Å². The Hall–Kier alpha value is -1.78. The number of thiophene rings is 1. The van der Waals surface area contributed by atoms with Crippen LogP contribution in [-0.4, -0.2) is 16.1 Å². The Morgan fingerprint density at radius 3 is 2.71 bits per heavy atom. The van der Waals surface area contributed by atoms with E-state index < -0.39 is 5.97 Å². The second-order valence-corrected chi connectivity index (χ2v) is 6.96. The molecular formula is C16H14ClNO2S. The van der Waals surface area contributed by atoms with Gasteiger partial charge in [-0.1, -0.05) is 11.6 Å². The van der Waals surface area contributed by atoms with E-state index in [1.807, 2.05) is 12.1 Å². The first-order valence-electron chi connectivity index (χ1n) is 6.55. The second-order valence-electron chi connectivity index (χ2n) is 5.07. The van der Waals surface area contributed by atoms with Crippen molar-refractivity contribution in [1.82, 2.24) is 4.98 Å². The minimum absolute atomic E-state index is 0.0238. The number of fused-ring (bicyclic) bond motifs is 1. The number of carboxylic acids is 1. The third kappa shape index (κ3) is 2.57. The van der Waals surface area contributed by atoms with Crippen LogP contribution in [0, 0.1) is 13.8 Å². The Morgan fingerprint density at radius 1 is 1.33 bits per heavy atom. The fraction of sp³-hybridized carbons (Fsp3) is 0.188. The maximum atomic E-state index is 11.2. The number of hydrogen-bond acceptors (Lipinski definition) is 2. The van der Waals surface area contributed by atoms with Crippen LogP contribution >= 0.6 is 22.9 Å². The third-order valence-corrected chi connectivity index (χ3v) is 4.71. The molecule has 1 aromatic carbocycles.